The smallest absolute Gasteiger partial charge is 0.0210 e. The van der Waals surface area contributed by atoms with Gasteiger partial charge in [-0.05, 0) is 48.6 Å². The minimum absolute atomic E-state index is 0.878. The highest BCUT2D eigenvalue weighted by molar-refractivity contribution is 9.10. The van der Waals surface area contributed by atoms with Crippen LogP contribution in [-0.4, -0.2) is 0 Å². The van der Waals surface area contributed by atoms with Gasteiger partial charge in [0.15, 0.2) is 0 Å². The highest BCUT2D eigenvalue weighted by Gasteiger charge is 2.48. The Hall–Kier alpha value is -0.300. The first-order valence-corrected chi connectivity index (χ1v) is 5.90. The van der Waals surface area contributed by atoms with Gasteiger partial charge in [-0.2, -0.15) is 0 Å². The number of rotatable bonds is 2. The number of hydrogen-bond acceptors (Lipinski definition) is 0. The van der Waals surface area contributed by atoms with Crippen LogP contribution in [-0.2, 0) is 0 Å². The Morgan fingerprint density at radius 2 is 1.92 bits per heavy atom. The van der Waals surface area contributed by atoms with Gasteiger partial charge in [0.05, 0.1) is 0 Å². The Bertz CT molecular complexity index is 328. The summed E-state index contributed by atoms with van der Waals surface area (Å²) in [5, 5.41) is 0. The van der Waals surface area contributed by atoms with Crippen LogP contribution in [0, 0.1) is 11.8 Å². The van der Waals surface area contributed by atoms with E-state index in [1.54, 1.807) is 5.56 Å². The van der Waals surface area contributed by atoms with Gasteiger partial charge in [-0.15, -0.1) is 0 Å². The quantitative estimate of drug-likeness (QED) is 0.730. The molecule has 0 N–H and O–H groups in total. The summed E-state index contributed by atoms with van der Waals surface area (Å²) in [4.78, 5) is 0. The molecular weight excluding hydrogens is 224 g/mol. The third-order valence-electron chi connectivity index (χ3n) is 3.37. The molecule has 2 aliphatic rings. The molecule has 0 aliphatic heterocycles. The SMILES string of the molecule is Brc1ccccc1[C@H]1C[C@H]1C1CC1. The van der Waals surface area contributed by atoms with Crippen LogP contribution in [0.4, 0.5) is 0 Å². The van der Waals surface area contributed by atoms with Crippen molar-refractivity contribution < 1.29 is 0 Å². The lowest BCUT2D eigenvalue weighted by Gasteiger charge is -2.01. The summed E-state index contributed by atoms with van der Waals surface area (Å²) in [6, 6.07) is 8.69. The van der Waals surface area contributed by atoms with Crippen LogP contribution in [0.5, 0.6) is 0 Å². The molecule has 2 saturated carbocycles. The van der Waals surface area contributed by atoms with Gasteiger partial charge >= 0.3 is 0 Å². The lowest BCUT2D eigenvalue weighted by atomic mass is 10.1. The maximum atomic E-state index is 3.63. The molecule has 2 atom stereocenters. The van der Waals surface area contributed by atoms with Gasteiger partial charge < -0.3 is 0 Å². The van der Waals surface area contributed by atoms with E-state index in [2.05, 4.69) is 40.2 Å². The molecule has 1 heteroatoms. The maximum Gasteiger partial charge on any atom is 0.0210 e. The Morgan fingerprint density at radius 3 is 2.62 bits per heavy atom. The van der Waals surface area contributed by atoms with Gasteiger partial charge in [-0.3, -0.25) is 0 Å². The summed E-state index contributed by atoms with van der Waals surface area (Å²) in [6.45, 7) is 0. The molecule has 0 saturated heterocycles. The van der Waals surface area contributed by atoms with Crippen molar-refractivity contribution in [3.63, 3.8) is 0 Å². The molecule has 0 spiro atoms. The summed E-state index contributed by atoms with van der Waals surface area (Å²) in [7, 11) is 0. The molecule has 0 radical (unpaired) electrons. The maximum absolute atomic E-state index is 3.63. The zero-order valence-electron chi connectivity index (χ0n) is 7.54. The zero-order chi connectivity index (χ0) is 8.84. The van der Waals surface area contributed by atoms with Gasteiger partial charge in [0.25, 0.3) is 0 Å². The predicted molar refractivity (Wildman–Crippen MR) is 57.7 cm³/mol. The van der Waals surface area contributed by atoms with E-state index in [4.69, 9.17) is 0 Å². The Balaban J connectivity index is 1.82. The van der Waals surface area contributed by atoms with Crippen molar-refractivity contribution in [2.24, 2.45) is 11.8 Å². The fourth-order valence-electron chi connectivity index (χ4n) is 2.39. The fourth-order valence-corrected chi connectivity index (χ4v) is 2.97. The first-order valence-electron chi connectivity index (χ1n) is 5.10. The van der Waals surface area contributed by atoms with Crippen LogP contribution in [0.15, 0.2) is 28.7 Å². The molecule has 1 aromatic rings. The topological polar surface area (TPSA) is 0 Å². The van der Waals surface area contributed by atoms with E-state index in [0.717, 1.165) is 17.8 Å². The van der Waals surface area contributed by atoms with Crippen LogP contribution in [0.3, 0.4) is 0 Å². The van der Waals surface area contributed by atoms with Crippen molar-refractivity contribution in [1.82, 2.24) is 0 Å². The van der Waals surface area contributed by atoms with E-state index in [9.17, 15) is 0 Å². The summed E-state index contributed by atoms with van der Waals surface area (Å²) in [5.41, 5.74) is 1.54. The first-order chi connectivity index (χ1) is 6.36. The first kappa shape index (κ1) is 8.05. The summed E-state index contributed by atoms with van der Waals surface area (Å²) >= 11 is 3.63. The van der Waals surface area contributed by atoms with E-state index in [-0.39, 0.29) is 0 Å². The number of benzene rings is 1. The second-order valence-electron chi connectivity index (χ2n) is 4.36. The summed E-state index contributed by atoms with van der Waals surface area (Å²) in [5.74, 6) is 2.99. The van der Waals surface area contributed by atoms with Crippen LogP contribution < -0.4 is 0 Å². The molecule has 13 heavy (non-hydrogen) atoms. The molecule has 68 valence electrons. The Labute approximate surface area is 87.5 Å². The monoisotopic (exact) mass is 236 g/mol. The van der Waals surface area contributed by atoms with E-state index in [1.807, 2.05) is 0 Å². The fraction of sp³-hybridized carbons (Fsp3) is 0.500. The van der Waals surface area contributed by atoms with E-state index in [0.29, 0.717) is 0 Å². The third-order valence-corrected chi connectivity index (χ3v) is 4.09. The Kier molecular flexibility index (Phi) is 1.76. The average Bonchev–Trinajstić information content (AvgIpc) is 3.00. The minimum Gasteiger partial charge on any atom is -0.0619 e. The molecule has 0 amide bonds. The van der Waals surface area contributed by atoms with E-state index < -0.39 is 0 Å². The molecule has 0 aromatic heterocycles. The van der Waals surface area contributed by atoms with E-state index in [1.165, 1.54) is 23.7 Å². The second kappa shape index (κ2) is 2.84. The lowest BCUT2D eigenvalue weighted by molar-refractivity contribution is 0.689. The van der Waals surface area contributed by atoms with Gasteiger partial charge in [-0.25, -0.2) is 0 Å². The normalized spacial score (nSPS) is 31.8. The van der Waals surface area contributed by atoms with Crippen molar-refractivity contribution in [2.45, 2.75) is 25.2 Å². The average molecular weight is 237 g/mol. The lowest BCUT2D eigenvalue weighted by Crippen LogP contribution is -1.86. The third kappa shape index (κ3) is 1.43. The largest absolute Gasteiger partial charge is 0.0619 e. The molecule has 2 fully saturated rings. The molecule has 0 unspecified atom stereocenters. The number of halogens is 1. The van der Waals surface area contributed by atoms with Gasteiger partial charge in [0.1, 0.15) is 0 Å². The molecule has 0 heterocycles. The van der Waals surface area contributed by atoms with Gasteiger partial charge in [0, 0.05) is 4.47 Å². The predicted octanol–water partition coefficient (Wildman–Crippen LogP) is 3.96. The number of hydrogen-bond donors (Lipinski definition) is 0. The van der Waals surface area contributed by atoms with Crippen molar-refractivity contribution in [1.29, 1.82) is 0 Å². The molecule has 1 aromatic carbocycles. The second-order valence-corrected chi connectivity index (χ2v) is 5.22. The molecule has 2 aliphatic carbocycles. The van der Waals surface area contributed by atoms with Crippen molar-refractivity contribution in [2.75, 3.05) is 0 Å². The van der Waals surface area contributed by atoms with Crippen LogP contribution in [0.1, 0.15) is 30.7 Å². The minimum atomic E-state index is 0.878. The zero-order valence-corrected chi connectivity index (χ0v) is 9.13. The van der Waals surface area contributed by atoms with Crippen molar-refractivity contribution in [3.8, 4) is 0 Å². The highest BCUT2D eigenvalue weighted by Crippen LogP contribution is 2.60. The van der Waals surface area contributed by atoms with E-state index >= 15 is 0 Å². The highest BCUT2D eigenvalue weighted by atomic mass is 79.9. The summed E-state index contributed by atoms with van der Waals surface area (Å²) < 4.78 is 1.31. The molecule has 0 nitrogen and oxygen atoms in total. The molecular formula is C12H13Br. The van der Waals surface area contributed by atoms with Gasteiger partial charge in [0.2, 0.25) is 0 Å². The van der Waals surface area contributed by atoms with Gasteiger partial charge in [-0.1, -0.05) is 34.1 Å². The van der Waals surface area contributed by atoms with Crippen LogP contribution in [0.25, 0.3) is 0 Å². The van der Waals surface area contributed by atoms with Crippen molar-refractivity contribution >= 4 is 15.9 Å². The molecule has 3 rings (SSSR count). The molecule has 0 bridgehead atoms. The summed E-state index contributed by atoms with van der Waals surface area (Å²) in [6.07, 6.45) is 4.42. The Morgan fingerprint density at radius 1 is 1.15 bits per heavy atom. The van der Waals surface area contributed by atoms with Crippen LogP contribution >= 0.6 is 15.9 Å². The van der Waals surface area contributed by atoms with Crippen molar-refractivity contribution in [3.05, 3.63) is 34.3 Å². The standard InChI is InChI=1S/C12H13Br/c13-12-4-2-1-3-9(12)11-7-10(11)8-5-6-8/h1-4,8,10-11H,5-7H2/t10-,11+/m0/s1. The van der Waals surface area contributed by atoms with Crippen LogP contribution in [0.2, 0.25) is 0 Å².